The number of likely N-dealkylation sites (tertiary alicyclic amines) is 1. The van der Waals surface area contributed by atoms with Crippen molar-refractivity contribution in [2.45, 2.75) is 56.5 Å². The van der Waals surface area contributed by atoms with E-state index in [-0.39, 0.29) is 5.54 Å². The normalized spacial score (nSPS) is 35.1. The minimum atomic E-state index is 0.0308. The van der Waals surface area contributed by atoms with E-state index >= 15 is 0 Å². The maximum atomic E-state index is 11.9. The van der Waals surface area contributed by atoms with Gasteiger partial charge in [0.25, 0.3) is 0 Å². The molecule has 1 unspecified atom stereocenters. The first kappa shape index (κ1) is 9.64. The molecule has 3 heteroatoms. The van der Waals surface area contributed by atoms with E-state index in [1.807, 2.05) is 0 Å². The van der Waals surface area contributed by atoms with Gasteiger partial charge in [-0.05, 0) is 25.7 Å². The van der Waals surface area contributed by atoms with E-state index in [1.165, 1.54) is 25.7 Å². The van der Waals surface area contributed by atoms with Crippen molar-refractivity contribution in [1.29, 1.82) is 0 Å². The van der Waals surface area contributed by atoms with Crippen LogP contribution in [0.4, 0.5) is 0 Å². The molecular formula is C12H20N2O. The van der Waals surface area contributed by atoms with Crippen molar-refractivity contribution in [2.75, 3.05) is 6.54 Å². The van der Waals surface area contributed by atoms with Crippen molar-refractivity contribution in [3.8, 4) is 0 Å². The molecule has 1 amide bonds. The average Bonchev–Trinajstić information content (AvgIpc) is 2.71. The fourth-order valence-corrected chi connectivity index (χ4v) is 3.24. The van der Waals surface area contributed by atoms with Crippen LogP contribution in [0.15, 0.2) is 0 Å². The van der Waals surface area contributed by atoms with Crippen LogP contribution in [-0.4, -0.2) is 28.9 Å². The molecule has 3 nitrogen and oxygen atoms in total. The summed E-state index contributed by atoms with van der Waals surface area (Å²) < 4.78 is 0. The van der Waals surface area contributed by atoms with Crippen LogP contribution in [-0.2, 0) is 4.79 Å². The molecule has 0 aromatic heterocycles. The quantitative estimate of drug-likeness (QED) is 0.743. The standard InChI is InChI=1S/C12H20N2O/c13-12(5-6-12)9-7-11(15)14(8-9)10-3-1-2-4-10/h9-10H,1-8,13H2. The SMILES string of the molecule is NC1(C2CC(=O)N(C3CCCC3)C2)CC1. The number of hydrogen-bond donors (Lipinski definition) is 1. The molecular weight excluding hydrogens is 188 g/mol. The van der Waals surface area contributed by atoms with Gasteiger partial charge in [-0.3, -0.25) is 4.79 Å². The summed E-state index contributed by atoms with van der Waals surface area (Å²) in [6, 6.07) is 0.546. The van der Waals surface area contributed by atoms with Crippen molar-refractivity contribution in [3.63, 3.8) is 0 Å². The minimum Gasteiger partial charge on any atom is -0.339 e. The third-order valence-electron chi connectivity index (χ3n) is 4.56. The molecule has 3 aliphatic rings. The molecule has 3 rings (SSSR count). The predicted octanol–water partition coefficient (Wildman–Crippen LogP) is 1.27. The van der Waals surface area contributed by atoms with Crippen LogP contribution < -0.4 is 5.73 Å². The van der Waals surface area contributed by atoms with Gasteiger partial charge in [0.2, 0.25) is 5.91 Å². The molecule has 2 aliphatic carbocycles. The summed E-state index contributed by atoms with van der Waals surface area (Å²) in [5, 5.41) is 0. The van der Waals surface area contributed by atoms with Crippen molar-refractivity contribution in [3.05, 3.63) is 0 Å². The summed E-state index contributed by atoms with van der Waals surface area (Å²) in [6.45, 7) is 0.944. The summed E-state index contributed by atoms with van der Waals surface area (Å²) in [5.74, 6) is 0.814. The lowest BCUT2D eigenvalue weighted by Gasteiger charge is -2.25. The Hall–Kier alpha value is -0.570. The van der Waals surface area contributed by atoms with Crippen molar-refractivity contribution < 1.29 is 4.79 Å². The van der Waals surface area contributed by atoms with Crippen LogP contribution >= 0.6 is 0 Å². The molecule has 1 atom stereocenters. The smallest absolute Gasteiger partial charge is 0.223 e. The first-order valence-corrected chi connectivity index (χ1v) is 6.27. The van der Waals surface area contributed by atoms with E-state index in [4.69, 9.17) is 5.73 Å². The van der Waals surface area contributed by atoms with E-state index < -0.39 is 0 Å². The molecule has 0 bridgehead atoms. The summed E-state index contributed by atoms with van der Waals surface area (Å²) in [7, 11) is 0. The summed E-state index contributed by atoms with van der Waals surface area (Å²) >= 11 is 0. The van der Waals surface area contributed by atoms with Gasteiger partial charge in [0.15, 0.2) is 0 Å². The third-order valence-corrected chi connectivity index (χ3v) is 4.56. The minimum absolute atomic E-state index is 0.0308. The van der Waals surface area contributed by atoms with Gasteiger partial charge in [-0.1, -0.05) is 12.8 Å². The molecule has 1 saturated heterocycles. The third kappa shape index (κ3) is 1.57. The molecule has 15 heavy (non-hydrogen) atoms. The molecule has 2 N–H and O–H groups in total. The number of nitrogens with zero attached hydrogens (tertiary/aromatic N) is 1. The van der Waals surface area contributed by atoms with Crippen LogP contribution in [0.25, 0.3) is 0 Å². The number of carbonyl (C=O) groups is 1. The fourth-order valence-electron chi connectivity index (χ4n) is 3.24. The Morgan fingerprint density at radius 3 is 2.53 bits per heavy atom. The first-order chi connectivity index (χ1) is 7.19. The molecule has 1 heterocycles. The molecule has 84 valence electrons. The molecule has 0 spiro atoms. The predicted molar refractivity (Wildman–Crippen MR) is 58.2 cm³/mol. The Kier molecular flexibility index (Phi) is 2.06. The summed E-state index contributed by atoms with van der Waals surface area (Å²) in [5.41, 5.74) is 6.23. The Morgan fingerprint density at radius 2 is 1.93 bits per heavy atom. The van der Waals surface area contributed by atoms with Crippen molar-refractivity contribution in [1.82, 2.24) is 4.90 Å². The van der Waals surface area contributed by atoms with Gasteiger partial charge >= 0.3 is 0 Å². The second-order valence-corrected chi connectivity index (χ2v) is 5.62. The highest BCUT2D eigenvalue weighted by molar-refractivity contribution is 5.79. The van der Waals surface area contributed by atoms with E-state index in [9.17, 15) is 4.79 Å². The highest BCUT2D eigenvalue weighted by Crippen LogP contribution is 2.45. The molecule has 2 saturated carbocycles. The largest absolute Gasteiger partial charge is 0.339 e. The van der Waals surface area contributed by atoms with Gasteiger partial charge in [-0.15, -0.1) is 0 Å². The van der Waals surface area contributed by atoms with E-state index in [0.717, 1.165) is 19.4 Å². The Labute approximate surface area is 91.0 Å². The van der Waals surface area contributed by atoms with Crippen molar-refractivity contribution in [2.24, 2.45) is 11.7 Å². The van der Waals surface area contributed by atoms with E-state index in [2.05, 4.69) is 4.90 Å². The number of amides is 1. The fraction of sp³-hybridized carbons (Fsp3) is 0.917. The highest BCUT2D eigenvalue weighted by atomic mass is 16.2. The summed E-state index contributed by atoms with van der Waals surface area (Å²) in [6.07, 6.45) is 8.01. The number of nitrogens with two attached hydrogens (primary N) is 1. The molecule has 0 aromatic rings. The number of rotatable bonds is 2. The topological polar surface area (TPSA) is 46.3 Å². The Bertz CT molecular complexity index is 279. The highest BCUT2D eigenvalue weighted by Gasteiger charge is 2.51. The van der Waals surface area contributed by atoms with Gasteiger partial charge in [-0.25, -0.2) is 0 Å². The molecule has 1 aliphatic heterocycles. The van der Waals surface area contributed by atoms with Crippen LogP contribution in [0.5, 0.6) is 0 Å². The molecule has 0 radical (unpaired) electrons. The van der Waals surface area contributed by atoms with Crippen LogP contribution in [0.2, 0.25) is 0 Å². The van der Waals surface area contributed by atoms with Gasteiger partial charge in [0.05, 0.1) is 0 Å². The molecule has 0 aromatic carbocycles. The molecule has 3 fully saturated rings. The first-order valence-electron chi connectivity index (χ1n) is 6.27. The van der Waals surface area contributed by atoms with Gasteiger partial charge in [0, 0.05) is 30.5 Å². The zero-order valence-electron chi connectivity index (χ0n) is 9.24. The van der Waals surface area contributed by atoms with Gasteiger partial charge in [-0.2, -0.15) is 0 Å². The van der Waals surface area contributed by atoms with Crippen LogP contribution in [0, 0.1) is 5.92 Å². The van der Waals surface area contributed by atoms with Gasteiger partial charge < -0.3 is 10.6 Å². The van der Waals surface area contributed by atoms with Gasteiger partial charge in [0.1, 0.15) is 0 Å². The Morgan fingerprint density at radius 1 is 1.27 bits per heavy atom. The second-order valence-electron chi connectivity index (χ2n) is 5.62. The lowest BCUT2D eigenvalue weighted by Crippen LogP contribution is -2.38. The number of hydrogen-bond acceptors (Lipinski definition) is 2. The maximum absolute atomic E-state index is 11.9. The lowest BCUT2D eigenvalue weighted by atomic mass is 9.97. The van der Waals surface area contributed by atoms with Crippen LogP contribution in [0.3, 0.4) is 0 Å². The average molecular weight is 208 g/mol. The Balaban J connectivity index is 1.68. The van der Waals surface area contributed by atoms with Crippen LogP contribution in [0.1, 0.15) is 44.9 Å². The summed E-state index contributed by atoms with van der Waals surface area (Å²) in [4.78, 5) is 14.0. The van der Waals surface area contributed by atoms with Crippen molar-refractivity contribution >= 4 is 5.91 Å². The zero-order valence-corrected chi connectivity index (χ0v) is 9.24. The number of carbonyl (C=O) groups excluding carboxylic acids is 1. The van der Waals surface area contributed by atoms with E-state index in [0.29, 0.717) is 24.3 Å². The maximum Gasteiger partial charge on any atom is 0.223 e. The lowest BCUT2D eigenvalue weighted by molar-refractivity contribution is -0.129. The van der Waals surface area contributed by atoms with E-state index in [1.54, 1.807) is 0 Å². The second kappa shape index (κ2) is 3.21. The zero-order chi connectivity index (χ0) is 10.5. The monoisotopic (exact) mass is 208 g/mol.